The van der Waals surface area contributed by atoms with Crippen LogP contribution in [0.25, 0.3) is 11.3 Å². The van der Waals surface area contributed by atoms with E-state index in [-0.39, 0.29) is 23.5 Å². The van der Waals surface area contributed by atoms with Gasteiger partial charge in [-0.25, -0.2) is 8.42 Å². The molecule has 1 aliphatic heterocycles. The summed E-state index contributed by atoms with van der Waals surface area (Å²) in [6, 6.07) is 8.93. The van der Waals surface area contributed by atoms with Crippen molar-refractivity contribution in [3.8, 4) is 17.0 Å². The molecule has 25 heavy (non-hydrogen) atoms. The topological polar surface area (TPSA) is 81.5 Å². The molecular formula is C17H21N3O4S. The smallest absolute Gasteiger partial charge is 0.274 e. The number of aryl methyl sites for hydroxylation is 1. The Hall–Kier alpha value is -2.35. The highest BCUT2D eigenvalue weighted by atomic mass is 32.2. The number of hydrogen-bond acceptors (Lipinski definition) is 5. The molecule has 1 amide bonds. The second-order valence-corrected chi connectivity index (χ2v) is 8.47. The molecule has 0 radical (unpaired) electrons. The van der Waals surface area contributed by atoms with E-state index in [9.17, 15) is 13.2 Å². The molecule has 1 atom stereocenters. The van der Waals surface area contributed by atoms with Crippen LogP contribution in [0.3, 0.4) is 0 Å². The Balaban J connectivity index is 1.82. The van der Waals surface area contributed by atoms with Crippen molar-refractivity contribution in [2.45, 2.75) is 12.5 Å². The highest BCUT2D eigenvalue weighted by molar-refractivity contribution is 7.91. The molecule has 2 heterocycles. The third kappa shape index (κ3) is 3.53. The lowest BCUT2D eigenvalue weighted by Gasteiger charge is -2.22. The van der Waals surface area contributed by atoms with Crippen molar-refractivity contribution >= 4 is 15.7 Å². The van der Waals surface area contributed by atoms with Gasteiger partial charge in [0.25, 0.3) is 5.91 Å². The number of nitrogens with zero attached hydrogens (tertiary/aromatic N) is 3. The molecule has 0 bridgehead atoms. The lowest BCUT2D eigenvalue weighted by atomic mass is 10.1. The normalized spacial score (nSPS) is 18.9. The molecule has 0 N–H and O–H groups in total. The molecule has 1 aromatic carbocycles. The Morgan fingerprint density at radius 1 is 1.32 bits per heavy atom. The first-order valence-electron chi connectivity index (χ1n) is 7.97. The van der Waals surface area contributed by atoms with Crippen LogP contribution in [-0.4, -0.2) is 60.7 Å². The molecular weight excluding hydrogens is 342 g/mol. The van der Waals surface area contributed by atoms with Crippen molar-refractivity contribution in [3.05, 3.63) is 36.0 Å². The highest BCUT2D eigenvalue weighted by Gasteiger charge is 2.33. The van der Waals surface area contributed by atoms with E-state index >= 15 is 0 Å². The third-order valence-electron chi connectivity index (χ3n) is 4.56. The van der Waals surface area contributed by atoms with E-state index in [1.165, 1.54) is 4.90 Å². The van der Waals surface area contributed by atoms with Gasteiger partial charge in [0.15, 0.2) is 15.5 Å². The van der Waals surface area contributed by atoms with Crippen LogP contribution in [0.1, 0.15) is 16.9 Å². The maximum atomic E-state index is 12.7. The minimum absolute atomic E-state index is 0.0212. The predicted octanol–water partition coefficient (Wildman–Crippen LogP) is 1.35. The summed E-state index contributed by atoms with van der Waals surface area (Å²) in [6.07, 6.45) is 0.475. The molecule has 0 spiro atoms. The van der Waals surface area contributed by atoms with Crippen LogP contribution in [-0.2, 0) is 16.9 Å². The zero-order chi connectivity index (χ0) is 18.2. The van der Waals surface area contributed by atoms with Gasteiger partial charge in [-0.05, 0) is 36.8 Å². The highest BCUT2D eigenvalue weighted by Crippen LogP contribution is 2.24. The number of hydrogen-bond donors (Lipinski definition) is 0. The number of rotatable bonds is 4. The summed E-state index contributed by atoms with van der Waals surface area (Å²) >= 11 is 0. The lowest BCUT2D eigenvalue weighted by Crippen LogP contribution is -2.38. The Morgan fingerprint density at radius 2 is 2.00 bits per heavy atom. The SMILES string of the molecule is COc1ccc(-c2cc(C(=O)N(C)C3CCS(=O)(=O)C3)nn2C)cc1. The Labute approximate surface area is 147 Å². The minimum atomic E-state index is -3.04. The van der Waals surface area contributed by atoms with Gasteiger partial charge in [-0.3, -0.25) is 9.48 Å². The molecule has 1 fully saturated rings. The average molecular weight is 363 g/mol. The maximum Gasteiger partial charge on any atom is 0.274 e. The fraction of sp³-hybridized carbons (Fsp3) is 0.412. The van der Waals surface area contributed by atoms with Crippen molar-refractivity contribution in [1.82, 2.24) is 14.7 Å². The van der Waals surface area contributed by atoms with Gasteiger partial charge in [0.05, 0.1) is 24.3 Å². The van der Waals surface area contributed by atoms with Crippen molar-refractivity contribution in [3.63, 3.8) is 0 Å². The van der Waals surface area contributed by atoms with Crippen molar-refractivity contribution in [2.75, 3.05) is 25.7 Å². The molecule has 7 nitrogen and oxygen atoms in total. The number of amides is 1. The summed E-state index contributed by atoms with van der Waals surface area (Å²) in [4.78, 5) is 14.2. The molecule has 134 valence electrons. The van der Waals surface area contributed by atoms with E-state index in [0.717, 1.165) is 17.0 Å². The third-order valence-corrected chi connectivity index (χ3v) is 6.31. The molecule has 1 aromatic heterocycles. The molecule has 1 saturated heterocycles. The van der Waals surface area contributed by atoms with Crippen molar-refractivity contribution < 1.29 is 17.9 Å². The molecule has 8 heteroatoms. The fourth-order valence-electron chi connectivity index (χ4n) is 3.03. The lowest BCUT2D eigenvalue weighted by molar-refractivity contribution is 0.0741. The van der Waals surface area contributed by atoms with Crippen LogP contribution in [0.2, 0.25) is 0 Å². The maximum absolute atomic E-state index is 12.7. The summed E-state index contributed by atoms with van der Waals surface area (Å²) in [5.74, 6) is 0.643. The number of ether oxygens (including phenoxy) is 1. The van der Waals surface area contributed by atoms with Crippen LogP contribution in [0.15, 0.2) is 30.3 Å². The van der Waals surface area contributed by atoms with E-state index in [1.54, 1.807) is 32.0 Å². The number of carbonyl (C=O) groups is 1. The summed E-state index contributed by atoms with van der Waals surface area (Å²) in [7, 11) is 1.97. The predicted molar refractivity (Wildman–Crippen MR) is 94.3 cm³/mol. The van der Waals surface area contributed by atoms with Crippen LogP contribution >= 0.6 is 0 Å². The number of aromatic nitrogens is 2. The first-order chi connectivity index (χ1) is 11.8. The molecule has 2 aromatic rings. The second kappa shape index (κ2) is 6.51. The average Bonchev–Trinajstić information content (AvgIpc) is 3.16. The zero-order valence-electron chi connectivity index (χ0n) is 14.5. The van der Waals surface area contributed by atoms with Crippen molar-refractivity contribution in [1.29, 1.82) is 0 Å². The fourth-order valence-corrected chi connectivity index (χ4v) is 4.81. The van der Waals surface area contributed by atoms with Crippen LogP contribution < -0.4 is 4.74 Å². The quantitative estimate of drug-likeness (QED) is 0.819. The summed E-state index contributed by atoms with van der Waals surface area (Å²) in [5, 5.41) is 4.30. The van der Waals surface area contributed by atoms with Gasteiger partial charge in [-0.1, -0.05) is 0 Å². The van der Waals surface area contributed by atoms with E-state index in [2.05, 4.69) is 5.10 Å². The summed E-state index contributed by atoms with van der Waals surface area (Å²) in [6.45, 7) is 0. The monoisotopic (exact) mass is 363 g/mol. The van der Waals surface area contributed by atoms with Gasteiger partial charge < -0.3 is 9.64 Å². The number of benzene rings is 1. The largest absolute Gasteiger partial charge is 0.497 e. The van der Waals surface area contributed by atoms with E-state index in [1.807, 2.05) is 24.3 Å². The number of sulfone groups is 1. The van der Waals surface area contributed by atoms with Crippen LogP contribution in [0.5, 0.6) is 5.75 Å². The minimum Gasteiger partial charge on any atom is -0.497 e. The van der Waals surface area contributed by atoms with E-state index < -0.39 is 9.84 Å². The van der Waals surface area contributed by atoms with Gasteiger partial charge in [0.2, 0.25) is 0 Å². The van der Waals surface area contributed by atoms with Crippen molar-refractivity contribution in [2.24, 2.45) is 7.05 Å². The zero-order valence-corrected chi connectivity index (χ0v) is 15.3. The first kappa shape index (κ1) is 17.5. The molecule has 3 rings (SSSR count). The van der Waals surface area contributed by atoms with Crippen LogP contribution in [0.4, 0.5) is 0 Å². The molecule has 0 saturated carbocycles. The first-order valence-corrected chi connectivity index (χ1v) is 9.79. The number of methoxy groups -OCH3 is 1. The van der Waals surface area contributed by atoms with Gasteiger partial charge in [-0.2, -0.15) is 5.10 Å². The Morgan fingerprint density at radius 3 is 2.56 bits per heavy atom. The second-order valence-electron chi connectivity index (χ2n) is 6.24. The Bertz CT molecular complexity index is 887. The molecule has 0 aliphatic carbocycles. The number of carbonyl (C=O) groups excluding carboxylic acids is 1. The Kier molecular flexibility index (Phi) is 4.55. The van der Waals surface area contributed by atoms with E-state index in [0.29, 0.717) is 12.1 Å². The molecule has 1 unspecified atom stereocenters. The molecule has 1 aliphatic rings. The standard InChI is InChI=1S/C17H21N3O4S/c1-19(13-8-9-25(22,23)11-13)17(21)15-10-16(20(2)18-15)12-4-6-14(24-3)7-5-12/h4-7,10,13H,8-9,11H2,1-3H3. The van der Waals surface area contributed by atoms with Gasteiger partial charge in [0.1, 0.15) is 5.75 Å². The van der Waals surface area contributed by atoms with Gasteiger partial charge in [0, 0.05) is 25.7 Å². The summed E-state index contributed by atoms with van der Waals surface area (Å²) < 4.78 is 30.1. The van der Waals surface area contributed by atoms with E-state index in [4.69, 9.17) is 4.74 Å². The summed E-state index contributed by atoms with van der Waals surface area (Å²) in [5.41, 5.74) is 2.03. The van der Waals surface area contributed by atoms with Crippen LogP contribution in [0, 0.1) is 0 Å². The van der Waals surface area contributed by atoms with Gasteiger partial charge in [-0.15, -0.1) is 0 Å². The van der Waals surface area contributed by atoms with Gasteiger partial charge >= 0.3 is 0 Å².